The summed E-state index contributed by atoms with van der Waals surface area (Å²) in [6, 6.07) is -1.12. The molecule has 4 rings (SSSR count). The highest BCUT2D eigenvalue weighted by atomic mass is 16.7. The standard InChI is InChI=1S/C43H69NO12/c1-10-12-30-18-24(2)17-25(3)19-36(53-8)39-37(54-9)21-27(5)43(51,56-39)40(48)41(49)44-16-11-13-31(44)42(50)55-38(28(6)33(46)23-34(30)47)26(4)20-29-14-15-32(45)35(22-29)52-7/h18,20,25,27-33,35-39,45-46,51H,10-17,19,21-23H2,1-9H3/b24-18+,26-20+/t25-,27+,28+,29-,30+,31-,32+,33-,35+,36-,37-,38+,39+,43+/m0/s1. The van der Waals surface area contributed by atoms with Crippen molar-refractivity contribution in [2.24, 2.45) is 29.6 Å². The number of aliphatic hydroxyl groups is 3. The van der Waals surface area contributed by atoms with Gasteiger partial charge >= 0.3 is 5.97 Å². The molecule has 3 aliphatic heterocycles. The lowest BCUT2D eigenvalue weighted by Crippen LogP contribution is -2.63. The number of rotatable bonds is 7. The smallest absolute Gasteiger partial charge is 0.329 e. The van der Waals surface area contributed by atoms with E-state index in [1.165, 1.54) is 14.2 Å². The third kappa shape index (κ3) is 10.7. The quantitative estimate of drug-likeness (QED) is 0.188. The molecule has 56 heavy (non-hydrogen) atoms. The van der Waals surface area contributed by atoms with Crippen LogP contribution in [0.3, 0.4) is 0 Å². The topological polar surface area (TPSA) is 178 Å². The second-order valence-electron chi connectivity index (χ2n) is 17.2. The Kier molecular flexibility index (Phi) is 16.9. The average Bonchev–Trinajstić information content (AvgIpc) is 3.66. The molecule has 13 nitrogen and oxygen atoms in total. The summed E-state index contributed by atoms with van der Waals surface area (Å²) >= 11 is 0. The van der Waals surface area contributed by atoms with Crippen LogP contribution in [-0.2, 0) is 42.9 Å². The van der Waals surface area contributed by atoms with E-state index in [1.807, 2.05) is 32.9 Å². The number of carbonyl (C=O) groups is 4. The Balaban J connectivity index is 1.75. The Bertz CT molecular complexity index is 1430. The second-order valence-corrected chi connectivity index (χ2v) is 17.2. The molecular formula is C43H69NO12. The van der Waals surface area contributed by atoms with Crippen LogP contribution >= 0.6 is 0 Å². The summed E-state index contributed by atoms with van der Waals surface area (Å²) < 4.78 is 29.7. The molecule has 4 aliphatic rings. The van der Waals surface area contributed by atoms with Crippen LogP contribution in [0.1, 0.15) is 112 Å². The van der Waals surface area contributed by atoms with Crippen LogP contribution < -0.4 is 0 Å². The zero-order valence-corrected chi connectivity index (χ0v) is 35.1. The Morgan fingerprint density at radius 3 is 2.23 bits per heavy atom. The molecular weight excluding hydrogens is 722 g/mol. The number of ether oxygens (including phenoxy) is 5. The number of Topliss-reactive ketones (excluding diaryl/α,β-unsaturated/α-hetero) is 2. The molecule has 0 spiro atoms. The molecule has 0 aromatic heterocycles. The van der Waals surface area contributed by atoms with Gasteiger partial charge in [-0.3, -0.25) is 14.4 Å². The number of ketones is 2. The molecule has 3 heterocycles. The van der Waals surface area contributed by atoms with Crippen molar-refractivity contribution in [1.82, 2.24) is 4.90 Å². The zero-order chi connectivity index (χ0) is 41.5. The number of methoxy groups -OCH3 is 3. The third-order valence-corrected chi connectivity index (χ3v) is 12.8. The van der Waals surface area contributed by atoms with Crippen LogP contribution in [0.4, 0.5) is 0 Å². The van der Waals surface area contributed by atoms with Crippen LogP contribution in [0.15, 0.2) is 23.3 Å². The van der Waals surface area contributed by atoms with Crippen molar-refractivity contribution in [1.29, 1.82) is 0 Å². The van der Waals surface area contributed by atoms with Gasteiger partial charge in [0.15, 0.2) is 0 Å². The van der Waals surface area contributed by atoms with Gasteiger partial charge < -0.3 is 43.9 Å². The zero-order valence-electron chi connectivity index (χ0n) is 35.1. The maximum atomic E-state index is 14.2. The molecule has 1 amide bonds. The van der Waals surface area contributed by atoms with Gasteiger partial charge in [-0.05, 0) is 89.0 Å². The van der Waals surface area contributed by atoms with Gasteiger partial charge in [0.2, 0.25) is 5.79 Å². The number of nitrogens with zero attached hydrogens (tertiary/aromatic N) is 1. The van der Waals surface area contributed by atoms with E-state index in [1.54, 1.807) is 21.0 Å². The molecule has 2 saturated heterocycles. The van der Waals surface area contributed by atoms with Crippen LogP contribution in [-0.4, -0.2) is 126 Å². The summed E-state index contributed by atoms with van der Waals surface area (Å²) in [6.07, 6.45) is 3.89. The van der Waals surface area contributed by atoms with Crippen molar-refractivity contribution in [2.75, 3.05) is 27.9 Å². The molecule has 318 valence electrons. The molecule has 3 N–H and O–H groups in total. The van der Waals surface area contributed by atoms with Crippen molar-refractivity contribution in [3.63, 3.8) is 0 Å². The normalized spacial score (nSPS) is 41.4. The van der Waals surface area contributed by atoms with E-state index >= 15 is 0 Å². The predicted molar refractivity (Wildman–Crippen MR) is 208 cm³/mol. The van der Waals surface area contributed by atoms with Crippen molar-refractivity contribution >= 4 is 23.4 Å². The fourth-order valence-electron chi connectivity index (χ4n) is 9.44. The second kappa shape index (κ2) is 20.4. The molecule has 13 heteroatoms. The van der Waals surface area contributed by atoms with E-state index in [9.17, 15) is 34.5 Å². The number of fused-ring (bicyclic) bond motifs is 3. The first-order valence-corrected chi connectivity index (χ1v) is 20.8. The van der Waals surface area contributed by atoms with Crippen molar-refractivity contribution in [3.05, 3.63) is 23.3 Å². The minimum absolute atomic E-state index is 0.00208. The molecule has 1 saturated carbocycles. The molecule has 0 radical (unpaired) electrons. The van der Waals surface area contributed by atoms with Gasteiger partial charge in [0, 0.05) is 52.0 Å². The average molecular weight is 792 g/mol. The highest BCUT2D eigenvalue weighted by molar-refractivity contribution is 6.39. The van der Waals surface area contributed by atoms with Gasteiger partial charge in [-0.2, -0.15) is 0 Å². The van der Waals surface area contributed by atoms with Crippen LogP contribution in [0.2, 0.25) is 0 Å². The van der Waals surface area contributed by atoms with E-state index in [-0.39, 0.29) is 49.5 Å². The Morgan fingerprint density at radius 2 is 1.59 bits per heavy atom. The number of amides is 1. The number of hydrogen-bond acceptors (Lipinski definition) is 12. The summed E-state index contributed by atoms with van der Waals surface area (Å²) in [6.45, 7) is 11.3. The lowest BCUT2D eigenvalue weighted by atomic mass is 9.81. The highest BCUT2D eigenvalue weighted by Crippen LogP contribution is 2.39. The lowest BCUT2D eigenvalue weighted by molar-refractivity contribution is -0.302. The Labute approximate surface area is 333 Å². The minimum atomic E-state index is -2.50. The SMILES string of the molecule is CCC[C@@H]1/C=C(\C)C[C@H](C)C[C@H](OC)[C@H]2O[C@@](O)(C(=O)C(=O)N3CCC[C@H]3C(=O)O[C@H](/C(C)=C/[C@@H]3CC[C@@H](O)[C@H](OC)C3)[C@H](C)[C@@H](O)CC1=O)[C@H](C)C[C@@H]2OC. The molecule has 3 fully saturated rings. The number of esters is 1. The van der Waals surface area contributed by atoms with Gasteiger partial charge in [0.1, 0.15) is 24.0 Å². The van der Waals surface area contributed by atoms with Gasteiger partial charge in [0.05, 0.1) is 30.5 Å². The minimum Gasteiger partial charge on any atom is -0.456 e. The third-order valence-electron chi connectivity index (χ3n) is 12.8. The maximum Gasteiger partial charge on any atom is 0.329 e. The Hall–Kier alpha value is -2.52. The van der Waals surface area contributed by atoms with Gasteiger partial charge in [-0.25, -0.2) is 4.79 Å². The molecule has 2 bridgehead atoms. The van der Waals surface area contributed by atoms with Crippen molar-refractivity contribution in [3.8, 4) is 0 Å². The van der Waals surface area contributed by atoms with E-state index in [0.29, 0.717) is 50.5 Å². The number of cyclic esters (lactones) is 1. The van der Waals surface area contributed by atoms with Crippen molar-refractivity contribution < 1.29 is 58.2 Å². The highest BCUT2D eigenvalue weighted by Gasteiger charge is 2.57. The number of aliphatic hydroxyl groups excluding tert-OH is 2. The van der Waals surface area contributed by atoms with Gasteiger partial charge in [-0.1, -0.05) is 51.8 Å². The van der Waals surface area contributed by atoms with E-state index < -0.39 is 83.9 Å². The largest absolute Gasteiger partial charge is 0.456 e. The van der Waals surface area contributed by atoms with Crippen LogP contribution in [0.25, 0.3) is 0 Å². The fraction of sp³-hybridized carbons (Fsp3) is 0.814. The molecule has 1 aliphatic carbocycles. The molecule has 0 unspecified atom stereocenters. The van der Waals surface area contributed by atoms with Crippen LogP contribution in [0, 0.1) is 29.6 Å². The summed E-state index contributed by atoms with van der Waals surface area (Å²) in [4.78, 5) is 57.4. The fourth-order valence-corrected chi connectivity index (χ4v) is 9.44. The molecule has 14 atom stereocenters. The monoisotopic (exact) mass is 791 g/mol. The summed E-state index contributed by atoms with van der Waals surface area (Å²) in [5, 5.41) is 34.0. The predicted octanol–water partition coefficient (Wildman–Crippen LogP) is 4.47. The number of allylic oxidation sites excluding steroid dienone is 3. The van der Waals surface area contributed by atoms with E-state index in [4.69, 9.17) is 23.7 Å². The molecule has 0 aromatic rings. The van der Waals surface area contributed by atoms with E-state index in [0.717, 1.165) is 16.9 Å². The lowest BCUT2D eigenvalue weighted by Gasteiger charge is -2.46. The summed E-state index contributed by atoms with van der Waals surface area (Å²) in [5.74, 6) is -7.47. The first kappa shape index (κ1) is 46.2. The number of hydrogen-bond donors (Lipinski definition) is 3. The first-order chi connectivity index (χ1) is 26.5. The van der Waals surface area contributed by atoms with Gasteiger partial charge in [-0.15, -0.1) is 0 Å². The van der Waals surface area contributed by atoms with Crippen LogP contribution in [0.5, 0.6) is 0 Å². The Morgan fingerprint density at radius 1 is 0.929 bits per heavy atom. The molecule has 0 aromatic carbocycles. The summed E-state index contributed by atoms with van der Waals surface area (Å²) in [5.41, 5.74) is 1.67. The number of carbonyl (C=O) groups excluding carboxylic acids is 4. The summed E-state index contributed by atoms with van der Waals surface area (Å²) in [7, 11) is 4.63. The van der Waals surface area contributed by atoms with Crippen molar-refractivity contribution in [2.45, 2.75) is 167 Å². The maximum absolute atomic E-state index is 14.2. The van der Waals surface area contributed by atoms with E-state index in [2.05, 4.69) is 6.92 Å². The first-order valence-electron chi connectivity index (χ1n) is 20.8. The van der Waals surface area contributed by atoms with Gasteiger partial charge in [0.25, 0.3) is 11.7 Å².